The lowest BCUT2D eigenvalue weighted by Crippen LogP contribution is -2.48. The zero-order valence-corrected chi connectivity index (χ0v) is 15.4. The highest BCUT2D eigenvalue weighted by molar-refractivity contribution is 6.32. The number of nitrogens with one attached hydrogen (secondary N) is 2. The second-order valence-electron chi connectivity index (χ2n) is 6.03. The average molecular weight is 384 g/mol. The maximum absolute atomic E-state index is 12.9. The van der Waals surface area contributed by atoms with Gasteiger partial charge in [-0.25, -0.2) is 4.79 Å². The highest BCUT2D eigenvalue weighted by atomic mass is 35.5. The number of halogens is 1. The fourth-order valence-corrected chi connectivity index (χ4v) is 3.16. The minimum absolute atomic E-state index is 0.351. The van der Waals surface area contributed by atoms with Crippen LogP contribution in [0, 0.1) is 0 Å². The van der Waals surface area contributed by atoms with Crippen LogP contribution in [0.25, 0.3) is 6.08 Å². The fraction of sp³-hybridized carbons (Fsp3) is 0.150. The van der Waals surface area contributed by atoms with Crippen LogP contribution in [-0.4, -0.2) is 22.9 Å². The van der Waals surface area contributed by atoms with Gasteiger partial charge in [0.2, 0.25) is 0 Å². The molecule has 1 heterocycles. The smallest absolute Gasteiger partial charge is 0.318 e. The third kappa shape index (κ3) is 3.57. The van der Waals surface area contributed by atoms with Crippen LogP contribution in [-0.2, 0) is 15.1 Å². The molecule has 1 fully saturated rings. The van der Waals surface area contributed by atoms with Crippen molar-refractivity contribution in [3.63, 3.8) is 0 Å². The van der Waals surface area contributed by atoms with Crippen molar-refractivity contribution in [1.29, 1.82) is 0 Å². The Bertz CT molecular complexity index is 914. The first-order valence-corrected chi connectivity index (χ1v) is 8.81. The summed E-state index contributed by atoms with van der Waals surface area (Å²) < 4.78 is 0. The molecule has 1 aliphatic rings. The van der Waals surface area contributed by atoms with E-state index in [1.807, 2.05) is 6.07 Å². The third-order valence-electron chi connectivity index (χ3n) is 4.43. The predicted octanol–water partition coefficient (Wildman–Crippen LogP) is 3.24. The van der Waals surface area contributed by atoms with E-state index >= 15 is 0 Å². The Kier molecular flexibility index (Phi) is 5.28. The molecule has 4 amide bonds. The topological polar surface area (TPSA) is 78.5 Å². The summed E-state index contributed by atoms with van der Waals surface area (Å²) in [6, 6.07) is 15.3. The fourth-order valence-electron chi connectivity index (χ4n) is 2.96. The van der Waals surface area contributed by atoms with E-state index in [2.05, 4.69) is 10.7 Å². The second-order valence-corrected chi connectivity index (χ2v) is 6.43. The van der Waals surface area contributed by atoms with Crippen molar-refractivity contribution >= 4 is 35.5 Å². The number of hydrogen-bond donors (Lipinski definition) is 2. The molecule has 1 saturated heterocycles. The summed E-state index contributed by atoms with van der Waals surface area (Å²) in [5, 5.41) is 3.91. The molecular formula is C20H18ClN3O3. The number of carbonyl (C=O) groups excluding carboxylic acids is 3. The number of imide groups is 1. The van der Waals surface area contributed by atoms with E-state index in [0.29, 0.717) is 22.6 Å². The van der Waals surface area contributed by atoms with Crippen molar-refractivity contribution in [2.45, 2.75) is 18.9 Å². The molecule has 3 rings (SSSR count). The number of nitrogens with zero attached hydrogens (tertiary/aromatic N) is 1. The summed E-state index contributed by atoms with van der Waals surface area (Å²) >= 11 is 6.04. The first-order valence-electron chi connectivity index (χ1n) is 8.43. The number of rotatable bonds is 5. The van der Waals surface area contributed by atoms with E-state index in [9.17, 15) is 14.4 Å². The van der Waals surface area contributed by atoms with Gasteiger partial charge in [0.05, 0.1) is 0 Å². The normalized spacial score (nSPS) is 19.4. The van der Waals surface area contributed by atoms with E-state index in [1.54, 1.807) is 55.5 Å². The molecule has 0 aromatic heterocycles. The first-order chi connectivity index (χ1) is 13.0. The van der Waals surface area contributed by atoms with Gasteiger partial charge in [0.25, 0.3) is 11.8 Å². The molecule has 6 nitrogen and oxygen atoms in total. The Balaban J connectivity index is 1.78. The Morgan fingerprint density at radius 3 is 2.48 bits per heavy atom. The molecule has 1 atom stereocenters. The summed E-state index contributed by atoms with van der Waals surface area (Å²) in [5.74, 6) is -1.14. The number of amides is 4. The Labute approximate surface area is 161 Å². The van der Waals surface area contributed by atoms with Crippen molar-refractivity contribution in [3.05, 3.63) is 76.8 Å². The van der Waals surface area contributed by atoms with Crippen molar-refractivity contribution in [2.75, 3.05) is 0 Å². The Hall–Kier alpha value is -3.12. The highest BCUT2D eigenvalue weighted by Gasteiger charge is 2.52. The summed E-state index contributed by atoms with van der Waals surface area (Å²) in [5.41, 5.74) is 2.45. The molecule has 27 heavy (non-hydrogen) atoms. The van der Waals surface area contributed by atoms with Crippen LogP contribution in [0.15, 0.2) is 60.7 Å². The molecule has 0 aliphatic carbocycles. The maximum atomic E-state index is 12.9. The van der Waals surface area contributed by atoms with Crippen LogP contribution in [0.4, 0.5) is 4.79 Å². The summed E-state index contributed by atoms with van der Waals surface area (Å²) in [4.78, 5) is 37.4. The number of hydrazine groups is 1. The first kappa shape index (κ1) is 18.7. The molecule has 2 aromatic rings. The van der Waals surface area contributed by atoms with Gasteiger partial charge in [0, 0.05) is 11.1 Å². The Morgan fingerprint density at radius 1 is 1.15 bits per heavy atom. The predicted molar refractivity (Wildman–Crippen MR) is 102 cm³/mol. The van der Waals surface area contributed by atoms with Crippen LogP contribution < -0.4 is 10.7 Å². The molecule has 0 unspecified atom stereocenters. The standard InChI is InChI=1S/C20H18ClN3O3/c1-2-20(15-9-4-3-5-10-15)18(26)24(19(27)22-20)23-17(25)13-12-14-8-6-7-11-16(14)21/h3-13H,2H2,1H3,(H,22,27)(H,23,25)/b13-12+/t20-/m1/s1. The summed E-state index contributed by atoms with van der Waals surface area (Å²) in [6.45, 7) is 1.80. The maximum Gasteiger partial charge on any atom is 0.344 e. The molecular weight excluding hydrogens is 366 g/mol. The van der Waals surface area contributed by atoms with Crippen molar-refractivity contribution in [3.8, 4) is 0 Å². The number of urea groups is 1. The lowest BCUT2D eigenvalue weighted by Gasteiger charge is -2.25. The van der Waals surface area contributed by atoms with E-state index in [1.165, 1.54) is 12.2 Å². The minimum Gasteiger partial charge on any atom is -0.318 e. The van der Waals surface area contributed by atoms with Gasteiger partial charge in [-0.1, -0.05) is 67.1 Å². The van der Waals surface area contributed by atoms with Gasteiger partial charge in [0.15, 0.2) is 0 Å². The monoisotopic (exact) mass is 383 g/mol. The van der Waals surface area contributed by atoms with Crippen molar-refractivity contribution in [2.24, 2.45) is 0 Å². The van der Waals surface area contributed by atoms with E-state index in [-0.39, 0.29) is 0 Å². The zero-order valence-electron chi connectivity index (χ0n) is 14.6. The lowest BCUT2D eigenvalue weighted by molar-refractivity contribution is -0.138. The molecule has 0 spiro atoms. The third-order valence-corrected chi connectivity index (χ3v) is 4.77. The van der Waals surface area contributed by atoms with Crippen molar-refractivity contribution < 1.29 is 14.4 Å². The highest BCUT2D eigenvalue weighted by Crippen LogP contribution is 2.31. The van der Waals surface area contributed by atoms with Gasteiger partial charge in [-0.05, 0) is 29.7 Å². The van der Waals surface area contributed by atoms with Crippen LogP contribution in [0.5, 0.6) is 0 Å². The molecule has 138 valence electrons. The van der Waals surface area contributed by atoms with E-state index in [0.717, 1.165) is 5.01 Å². The molecule has 1 aliphatic heterocycles. The van der Waals surface area contributed by atoms with Crippen LogP contribution in [0.3, 0.4) is 0 Å². The van der Waals surface area contributed by atoms with Gasteiger partial charge in [-0.3, -0.25) is 15.0 Å². The van der Waals surface area contributed by atoms with Gasteiger partial charge in [0.1, 0.15) is 5.54 Å². The SMILES string of the molecule is CC[C@]1(c2ccccc2)NC(=O)N(NC(=O)/C=C/c2ccccc2Cl)C1=O. The molecule has 2 aromatic carbocycles. The molecule has 7 heteroatoms. The number of carbonyl (C=O) groups is 3. The van der Waals surface area contributed by atoms with Crippen LogP contribution in [0.1, 0.15) is 24.5 Å². The number of benzene rings is 2. The molecule has 2 N–H and O–H groups in total. The summed E-state index contributed by atoms with van der Waals surface area (Å²) in [6.07, 6.45) is 3.08. The number of hydrogen-bond acceptors (Lipinski definition) is 3. The van der Waals surface area contributed by atoms with Gasteiger partial charge < -0.3 is 5.32 Å². The van der Waals surface area contributed by atoms with E-state index in [4.69, 9.17) is 11.6 Å². The summed E-state index contributed by atoms with van der Waals surface area (Å²) in [7, 11) is 0. The Morgan fingerprint density at radius 2 is 1.81 bits per heavy atom. The van der Waals surface area contributed by atoms with Gasteiger partial charge in [-0.15, -0.1) is 0 Å². The lowest BCUT2D eigenvalue weighted by atomic mass is 9.87. The second kappa shape index (κ2) is 7.63. The quantitative estimate of drug-likeness (QED) is 0.614. The zero-order chi connectivity index (χ0) is 19.4. The molecule has 0 radical (unpaired) electrons. The minimum atomic E-state index is -1.20. The van der Waals surface area contributed by atoms with Crippen LogP contribution >= 0.6 is 11.6 Å². The molecule has 0 bridgehead atoms. The van der Waals surface area contributed by atoms with E-state index < -0.39 is 23.4 Å². The van der Waals surface area contributed by atoms with Gasteiger partial charge >= 0.3 is 6.03 Å². The van der Waals surface area contributed by atoms with Gasteiger partial charge in [-0.2, -0.15) is 5.01 Å². The molecule has 0 saturated carbocycles. The van der Waals surface area contributed by atoms with Crippen molar-refractivity contribution in [1.82, 2.24) is 15.8 Å². The largest absolute Gasteiger partial charge is 0.344 e. The van der Waals surface area contributed by atoms with Crippen LogP contribution in [0.2, 0.25) is 5.02 Å². The average Bonchev–Trinajstić information content (AvgIpc) is 2.93.